The van der Waals surface area contributed by atoms with Gasteiger partial charge in [-0.15, -0.1) is 0 Å². The number of hydrogen-bond acceptors (Lipinski definition) is 3. The zero-order chi connectivity index (χ0) is 13.9. The number of β-amino-alcohol motifs (C(OH)–C–C–N with tert-alkyl or cyclic N) is 1. The number of allylic oxidation sites excluding steroid dienone is 1. The number of nitrogens with two attached hydrogens (primary N) is 1. The molecule has 1 atom stereocenters. The zero-order valence-corrected chi connectivity index (χ0v) is 11.2. The van der Waals surface area contributed by atoms with Gasteiger partial charge in [-0.3, -0.25) is 9.59 Å². The molecule has 1 saturated heterocycles. The lowest BCUT2D eigenvalue weighted by Gasteiger charge is -2.37. The molecule has 5 heteroatoms. The minimum atomic E-state index is -1.55. The molecule has 5 nitrogen and oxygen atoms in total. The third kappa shape index (κ3) is 3.35. The van der Waals surface area contributed by atoms with E-state index < -0.39 is 11.5 Å². The molecule has 0 radical (unpaired) electrons. The molecule has 1 fully saturated rings. The van der Waals surface area contributed by atoms with Crippen molar-refractivity contribution in [3.8, 4) is 0 Å². The molecule has 0 unspecified atom stereocenters. The molecule has 0 saturated carbocycles. The highest BCUT2D eigenvalue weighted by Crippen LogP contribution is 2.24. The first kappa shape index (κ1) is 14.1. The molecule has 2 aliphatic rings. The summed E-state index contributed by atoms with van der Waals surface area (Å²) in [7, 11) is 0. The maximum atomic E-state index is 12.2. The van der Waals surface area contributed by atoms with Crippen molar-refractivity contribution >= 4 is 11.8 Å². The predicted octanol–water partition coefficient (Wildman–Crippen LogP) is 0.716. The first-order valence-corrected chi connectivity index (χ1v) is 6.99. The highest BCUT2D eigenvalue weighted by atomic mass is 16.3. The van der Waals surface area contributed by atoms with E-state index in [1.165, 1.54) is 12.0 Å². The van der Waals surface area contributed by atoms with E-state index in [2.05, 4.69) is 6.08 Å². The quantitative estimate of drug-likeness (QED) is 0.738. The number of likely N-dealkylation sites (tertiary alicyclic amines) is 1. The molecule has 0 aromatic carbocycles. The van der Waals surface area contributed by atoms with E-state index in [-0.39, 0.29) is 12.5 Å². The van der Waals surface area contributed by atoms with E-state index in [1.807, 2.05) is 0 Å². The van der Waals surface area contributed by atoms with Gasteiger partial charge in [0, 0.05) is 13.0 Å². The average Bonchev–Trinajstić information content (AvgIpc) is 2.40. The molecule has 1 heterocycles. The fourth-order valence-electron chi connectivity index (χ4n) is 2.82. The van der Waals surface area contributed by atoms with Crippen molar-refractivity contribution in [1.82, 2.24) is 4.90 Å². The van der Waals surface area contributed by atoms with Gasteiger partial charge in [-0.05, 0) is 38.5 Å². The molecule has 1 aliphatic carbocycles. The molecule has 0 aromatic rings. The van der Waals surface area contributed by atoms with E-state index in [4.69, 9.17) is 5.73 Å². The Morgan fingerprint density at radius 1 is 1.37 bits per heavy atom. The van der Waals surface area contributed by atoms with Crippen LogP contribution < -0.4 is 5.73 Å². The fourth-order valence-corrected chi connectivity index (χ4v) is 2.82. The Labute approximate surface area is 113 Å². The topological polar surface area (TPSA) is 83.6 Å². The molecule has 2 amide bonds. The number of carbonyl (C=O) groups excluding carboxylic acids is 2. The summed E-state index contributed by atoms with van der Waals surface area (Å²) in [6, 6.07) is 0. The number of nitrogens with zero attached hydrogens (tertiary/aromatic N) is 1. The molecular formula is C14H22N2O3. The lowest BCUT2D eigenvalue weighted by molar-refractivity contribution is -0.148. The van der Waals surface area contributed by atoms with Crippen molar-refractivity contribution in [2.75, 3.05) is 13.1 Å². The largest absolute Gasteiger partial charge is 0.378 e. The van der Waals surface area contributed by atoms with Crippen LogP contribution in [0.5, 0.6) is 0 Å². The molecule has 2 rings (SSSR count). The van der Waals surface area contributed by atoms with Gasteiger partial charge in [0.1, 0.15) is 0 Å². The molecule has 1 aliphatic heterocycles. The molecule has 3 N–H and O–H groups in total. The second-order valence-electron chi connectivity index (χ2n) is 5.60. The summed E-state index contributed by atoms with van der Waals surface area (Å²) in [5, 5.41) is 10.1. The van der Waals surface area contributed by atoms with Crippen LogP contribution in [0.2, 0.25) is 0 Å². The van der Waals surface area contributed by atoms with E-state index in [1.54, 1.807) is 4.90 Å². The second-order valence-corrected chi connectivity index (χ2v) is 5.60. The van der Waals surface area contributed by atoms with Gasteiger partial charge in [-0.2, -0.15) is 0 Å². The normalized spacial score (nSPS) is 27.8. The number of piperidine rings is 1. The monoisotopic (exact) mass is 266 g/mol. The summed E-state index contributed by atoms with van der Waals surface area (Å²) >= 11 is 0. The first-order chi connectivity index (χ1) is 9.01. The Morgan fingerprint density at radius 3 is 2.79 bits per heavy atom. The third-order valence-electron chi connectivity index (χ3n) is 4.05. The minimum Gasteiger partial charge on any atom is -0.378 e. The van der Waals surface area contributed by atoms with Crippen LogP contribution in [0, 0.1) is 0 Å². The van der Waals surface area contributed by atoms with E-state index in [0.29, 0.717) is 25.8 Å². The molecule has 0 aromatic heterocycles. The fraction of sp³-hybridized carbons (Fsp3) is 0.714. The van der Waals surface area contributed by atoms with Gasteiger partial charge in [0.2, 0.25) is 5.91 Å². The van der Waals surface area contributed by atoms with Crippen LogP contribution in [-0.4, -0.2) is 40.5 Å². The van der Waals surface area contributed by atoms with Crippen LogP contribution in [0.1, 0.15) is 44.9 Å². The number of carbonyl (C=O) groups is 2. The number of primary amides is 1. The summed E-state index contributed by atoms with van der Waals surface area (Å²) in [5.74, 6) is -0.741. The van der Waals surface area contributed by atoms with Crippen molar-refractivity contribution in [2.24, 2.45) is 5.73 Å². The van der Waals surface area contributed by atoms with Crippen LogP contribution in [-0.2, 0) is 9.59 Å². The van der Waals surface area contributed by atoms with E-state index in [9.17, 15) is 14.7 Å². The zero-order valence-electron chi connectivity index (χ0n) is 11.2. The SMILES string of the molecule is NC(=O)[C@]1(O)CCCN(C(=O)CC2=CCCCC2)C1. The van der Waals surface area contributed by atoms with Crippen LogP contribution in [0.3, 0.4) is 0 Å². The van der Waals surface area contributed by atoms with Crippen molar-refractivity contribution in [1.29, 1.82) is 0 Å². The molecule has 0 bridgehead atoms. The Hall–Kier alpha value is -1.36. The Kier molecular flexibility index (Phi) is 4.24. The van der Waals surface area contributed by atoms with Gasteiger partial charge in [0.05, 0.1) is 6.54 Å². The van der Waals surface area contributed by atoms with Crippen LogP contribution in [0.25, 0.3) is 0 Å². The van der Waals surface area contributed by atoms with Crippen LogP contribution >= 0.6 is 0 Å². The predicted molar refractivity (Wildman–Crippen MR) is 71.1 cm³/mol. The minimum absolute atomic E-state index is 0.00692. The maximum Gasteiger partial charge on any atom is 0.251 e. The van der Waals surface area contributed by atoms with E-state index in [0.717, 1.165) is 19.3 Å². The maximum absolute atomic E-state index is 12.2. The van der Waals surface area contributed by atoms with E-state index >= 15 is 0 Å². The lowest BCUT2D eigenvalue weighted by atomic mass is 9.91. The Balaban J connectivity index is 1.95. The molecule has 19 heavy (non-hydrogen) atoms. The number of hydrogen-bond donors (Lipinski definition) is 2. The summed E-state index contributed by atoms with van der Waals surface area (Å²) < 4.78 is 0. The average molecular weight is 266 g/mol. The first-order valence-electron chi connectivity index (χ1n) is 6.99. The number of aliphatic hydroxyl groups is 1. The Morgan fingerprint density at radius 2 is 2.16 bits per heavy atom. The highest BCUT2D eigenvalue weighted by molar-refractivity contribution is 5.85. The van der Waals surface area contributed by atoms with Crippen molar-refractivity contribution in [2.45, 2.75) is 50.5 Å². The van der Waals surface area contributed by atoms with Gasteiger partial charge >= 0.3 is 0 Å². The summed E-state index contributed by atoms with van der Waals surface area (Å²) in [4.78, 5) is 25.0. The number of amides is 2. The molecular weight excluding hydrogens is 244 g/mol. The van der Waals surface area contributed by atoms with Gasteiger partial charge in [0.15, 0.2) is 5.60 Å². The lowest BCUT2D eigenvalue weighted by Crippen LogP contribution is -2.57. The van der Waals surface area contributed by atoms with Crippen LogP contribution in [0.4, 0.5) is 0 Å². The van der Waals surface area contributed by atoms with Gasteiger partial charge in [0.25, 0.3) is 5.91 Å². The van der Waals surface area contributed by atoms with Crippen molar-refractivity contribution in [3.05, 3.63) is 11.6 Å². The van der Waals surface area contributed by atoms with Gasteiger partial charge < -0.3 is 15.7 Å². The molecule has 0 spiro atoms. The Bertz CT molecular complexity index is 405. The van der Waals surface area contributed by atoms with Crippen LogP contribution in [0.15, 0.2) is 11.6 Å². The summed E-state index contributed by atoms with van der Waals surface area (Å²) in [5.41, 5.74) is 4.85. The van der Waals surface area contributed by atoms with Gasteiger partial charge in [-0.25, -0.2) is 0 Å². The summed E-state index contributed by atoms with van der Waals surface area (Å²) in [6.07, 6.45) is 7.89. The second kappa shape index (κ2) is 5.74. The smallest absolute Gasteiger partial charge is 0.251 e. The molecule has 106 valence electrons. The van der Waals surface area contributed by atoms with Crippen molar-refractivity contribution in [3.63, 3.8) is 0 Å². The summed E-state index contributed by atoms with van der Waals surface area (Å²) in [6.45, 7) is 0.635. The standard InChI is InChI=1S/C14H22N2O3/c15-13(18)14(19)7-4-8-16(10-14)12(17)9-11-5-2-1-3-6-11/h5,19H,1-4,6-10H2,(H2,15,18)/t14-/m0/s1. The van der Waals surface area contributed by atoms with Gasteiger partial charge in [-0.1, -0.05) is 11.6 Å². The highest BCUT2D eigenvalue weighted by Gasteiger charge is 2.40. The van der Waals surface area contributed by atoms with Crippen molar-refractivity contribution < 1.29 is 14.7 Å². The third-order valence-corrected chi connectivity index (χ3v) is 4.05. The number of rotatable bonds is 3.